The highest BCUT2D eigenvalue weighted by atomic mass is 16.5. The summed E-state index contributed by atoms with van der Waals surface area (Å²) in [5.41, 5.74) is 4.28. The van der Waals surface area contributed by atoms with Crippen LogP contribution in [0.4, 0.5) is 0 Å². The van der Waals surface area contributed by atoms with E-state index in [4.69, 9.17) is 4.74 Å². The van der Waals surface area contributed by atoms with Gasteiger partial charge >= 0.3 is 5.97 Å². The second kappa shape index (κ2) is 6.77. The standard InChI is InChI=1S/C19H24N2O3/c1-12-13(2)19(23)21(18(12)20-11-17(22)24-3)16-10-6-8-14-7-4-5-9-15(14)16/h4-5,7,9,16,18,20H,6,8,10-11H2,1-3H3. The number of ether oxygens (including phenoxy) is 1. The van der Waals surface area contributed by atoms with Gasteiger partial charge in [-0.25, -0.2) is 0 Å². The Morgan fingerprint density at radius 2 is 2.08 bits per heavy atom. The number of esters is 1. The van der Waals surface area contributed by atoms with Gasteiger partial charge in [-0.3, -0.25) is 14.9 Å². The lowest BCUT2D eigenvalue weighted by Crippen LogP contribution is -2.49. The fourth-order valence-corrected chi connectivity index (χ4v) is 3.74. The third-order valence-electron chi connectivity index (χ3n) is 5.18. The van der Waals surface area contributed by atoms with Crippen LogP contribution in [0.2, 0.25) is 0 Å². The minimum absolute atomic E-state index is 0.0463. The predicted molar refractivity (Wildman–Crippen MR) is 91.1 cm³/mol. The number of hydrogen-bond donors (Lipinski definition) is 1. The maximum Gasteiger partial charge on any atom is 0.319 e. The van der Waals surface area contributed by atoms with Crippen molar-refractivity contribution in [3.05, 3.63) is 46.5 Å². The third-order valence-corrected chi connectivity index (χ3v) is 5.18. The average molecular weight is 328 g/mol. The number of nitrogens with zero attached hydrogens (tertiary/aromatic N) is 1. The van der Waals surface area contributed by atoms with Crippen molar-refractivity contribution >= 4 is 11.9 Å². The molecule has 0 aromatic heterocycles. The summed E-state index contributed by atoms with van der Waals surface area (Å²) in [6.07, 6.45) is 2.81. The van der Waals surface area contributed by atoms with Crippen molar-refractivity contribution in [2.45, 2.75) is 45.3 Å². The molecule has 5 nitrogen and oxygen atoms in total. The Morgan fingerprint density at radius 3 is 2.83 bits per heavy atom. The number of benzene rings is 1. The summed E-state index contributed by atoms with van der Waals surface area (Å²) < 4.78 is 4.71. The van der Waals surface area contributed by atoms with Gasteiger partial charge in [0.2, 0.25) is 0 Å². The highest BCUT2D eigenvalue weighted by Crippen LogP contribution is 2.39. The maximum absolute atomic E-state index is 12.9. The van der Waals surface area contributed by atoms with E-state index in [1.165, 1.54) is 18.2 Å². The SMILES string of the molecule is COC(=O)CNC1C(C)=C(C)C(=O)N1C1CCCc2ccccc21. The van der Waals surface area contributed by atoms with Crippen LogP contribution < -0.4 is 5.32 Å². The smallest absolute Gasteiger partial charge is 0.319 e. The van der Waals surface area contributed by atoms with Crippen molar-refractivity contribution in [2.24, 2.45) is 0 Å². The molecule has 0 saturated heterocycles. The van der Waals surface area contributed by atoms with Crippen LogP contribution in [0.3, 0.4) is 0 Å². The van der Waals surface area contributed by atoms with E-state index in [1.807, 2.05) is 24.8 Å². The van der Waals surface area contributed by atoms with Crippen LogP contribution in [0.15, 0.2) is 35.4 Å². The number of carbonyl (C=O) groups excluding carboxylic acids is 2. The number of hydrogen-bond acceptors (Lipinski definition) is 4. The van der Waals surface area contributed by atoms with Crippen molar-refractivity contribution in [1.29, 1.82) is 0 Å². The Balaban J connectivity index is 1.91. The zero-order chi connectivity index (χ0) is 17.3. The monoisotopic (exact) mass is 328 g/mol. The second-order valence-corrected chi connectivity index (χ2v) is 6.49. The molecule has 24 heavy (non-hydrogen) atoms. The van der Waals surface area contributed by atoms with E-state index in [0.717, 1.165) is 30.4 Å². The van der Waals surface area contributed by atoms with E-state index in [9.17, 15) is 9.59 Å². The molecule has 5 heteroatoms. The Bertz CT molecular complexity index is 696. The van der Waals surface area contributed by atoms with Crippen LogP contribution in [0.1, 0.15) is 43.9 Å². The molecular formula is C19H24N2O3. The van der Waals surface area contributed by atoms with Crippen molar-refractivity contribution in [3.63, 3.8) is 0 Å². The summed E-state index contributed by atoms with van der Waals surface area (Å²) in [5.74, 6) is -0.277. The molecule has 0 radical (unpaired) electrons. The van der Waals surface area contributed by atoms with Gasteiger partial charge in [0.25, 0.3) is 5.91 Å². The van der Waals surface area contributed by atoms with E-state index >= 15 is 0 Å². The minimum atomic E-state index is -0.330. The molecule has 2 unspecified atom stereocenters. The van der Waals surface area contributed by atoms with E-state index < -0.39 is 0 Å². The van der Waals surface area contributed by atoms with Gasteiger partial charge in [-0.1, -0.05) is 24.3 Å². The number of methoxy groups -OCH3 is 1. The molecule has 0 spiro atoms. The number of fused-ring (bicyclic) bond motifs is 1. The molecule has 1 heterocycles. The van der Waals surface area contributed by atoms with E-state index in [2.05, 4.69) is 23.5 Å². The fourth-order valence-electron chi connectivity index (χ4n) is 3.74. The van der Waals surface area contributed by atoms with Gasteiger partial charge in [-0.05, 0) is 49.8 Å². The van der Waals surface area contributed by atoms with E-state index in [1.54, 1.807) is 0 Å². The number of carbonyl (C=O) groups is 2. The van der Waals surface area contributed by atoms with Crippen molar-refractivity contribution in [2.75, 3.05) is 13.7 Å². The number of nitrogens with one attached hydrogen (secondary N) is 1. The molecule has 1 aromatic carbocycles. The summed E-state index contributed by atoms with van der Waals surface area (Å²) >= 11 is 0. The van der Waals surface area contributed by atoms with Crippen molar-refractivity contribution in [3.8, 4) is 0 Å². The zero-order valence-corrected chi connectivity index (χ0v) is 14.5. The average Bonchev–Trinajstić information content (AvgIpc) is 2.83. The van der Waals surface area contributed by atoms with Crippen LogP contribution >= 0.6 is 0 Å². The third kappa shape index (κ3) is 2.84. The Labute approximate surface area is 142 Å². The first kappa shape index (κ1) is 16.7. The van der Waals surface area contributed by atoms with Gasteiger partial charge in [0.1, 0.15) is 6.17 Å². The van der Waals surface area contributed by atoms with Gasteiger partial charge in [0, 0.05) is 5.57 Å². The topological polar surface area (TPSA) is 58.6 Å². The molecule has 0 fully saturated rings. The number of aryl methyl sites for hydroxylation is 1. The molecular weight excluding hydrogens is 304 g/mol. The maximum atomic E-state index is 12.9. The Kier molecular flexibility index (Phi) is 4.71. The molecule has 2 aliphatic rings. The zero-order valence-electron chi connectivity index (χ0n) is 14.5. The van der Waals surface area contributed by atoms with Crippen LogP contribution in [0.25, 0.3) is 0 Å². The summed E-state index contributed by atoms with van der Waals surface area (Å²) in [6, 6.07) is 8.39. The lowest BCUT2D eigenvalue weighted by molar-refractivity contribution is -0.140. The van der Waals surface area contributed by atoms with Gasteiger partial charge in [0.05, 0.1) is 19.7 Å². The summed E-state index contributed by atoms with van der Waals surface area (Å²) in [4.78, 5) is 26.3. The van der Waals surface area contributed by atoms with Crippen LogP contribution in [0.5, 0.6) is 0 Å². The predicted octanol–water partition coefficient (Wildman–Crippen LogP) is 2.33. The Morgan fingerprint density at radius 1 is 1.33 bits per heavy atom. The number of rotatable bonds is 4. The van der Waals surface area contributed by atoms with E-state index in [0.29, 0.717) is 0 Å². The quantitative estimate of drug-likeness (QED) is 0.862. The van der Waals surface area contributed by atoms with Gasteiger partial charge in [-0.15, -0.1) is 0 Å². The fraction of sp³-hybridized carbons (Fsp3) is 0.474. The first-order chi connectivity index (χ1) is 11.5. The lowest BCUT2D eigenvalue weighted by atomic mass is 9.86. The van der Waals surface area contributed by atoms with Crippen LogP contribution in [-0.2, 0) is 20.7 Å². The summed E-state index contributed by atoms with van der Waals surface area (Å²) in [7, 11) is 1.37. The molecule has 3 rings (SSSR count). The highest BCUT2D eigenvalue weighted by molar-refractivity contribution is 5.97. The second-order valence-electron chi connectivity index (χ2n) is 6.49. The normalized spacial score (nSPS) is 23.5. The first-order valence-corrected chi connectivity index (χ1v) is 8.42. The minimum Gasteiger partial charge on any atom is -0.468 e. The van der Waals surface area contributed by atoms with Gasteiger partial charge in [-0.2, -0.15) is 0 Å². The molecule has 1 aliphatic carbocycles. The molecule has 1 aliphatic heterocycles. The van der Waals surface area contributed by atoms with Crippen molar-refractivity contribution < 1.29 is 14.3 Å². The molecule has 0 bridgehead atoms. The van der Waals surface area contributed by atoms with Crippen LogP contribution in [0, 0.1) is 0 Å². The van der Waals surface area contributed by atoms with Gasteiger partial charge < -0.3 is 9.64 Å². The molecule has 0 saturated carbocycles. The molecule has 1 N–H and O–H groups in total. The molecule has 2 atom stereocenters. The molecule has 1 amide bonds. The molecule has 128 valence electrons. The summed E-state index contributed by atoms with van der Waals surface area (Å²) in [5, 5.41) is 3.19. The number of amides is 1. The largest absolute Gasteiger partial charge is 0.468 e. The van der Waals surface area contributed by atoms with Crippen molar-refractivity contribution in [1.82, 2.24) is 10.2 Å². The molecule has 1 aromatic rings. The van der Waals surface area contributed by atoms with Crippen LogP contribution in [-0.4, -0.2) is 36.6 Å². The highest BCUT2D eigenvalue weighted by Gasteiger charge is 2.40. The van der Waals surface area contributed by atoms with E-state index in [-0.39, 0.29) is 30.6 Å². The van der Waals surface area contributed by atoms with Gasteiger partial charge in [0.15, 0.2) is 0 Å². The Hall–Kier alpha value is -2.14. The summed E-state index contributed by atoms with van der Waals surface area (Å²) in [6.45, 7) is 3.90. The first-order valence-electron chi connectivity index (χ1n) is 8.42. The lowest BCUT2D eigenvalue weighted by Gasteiger charge is -2.38.